The van der Waals surface area contributed by atoms with E-state index in [-0.39, 0.29) is 12.4 Å². The summed E-state index contributed by atoms with van der Waals surface area (Å²) in [5.74, 6) is 1.15. The molecule has 0 atom stereocenters. The van der Waals surface area contributed by atoms with Crippen LogP contribution < -0.4 is 4.90 Å². The highest BCUT2D eigenvalue weighted by Gasteiger charge is 2.21. The molecule has 0 fully saturated rings. The normalized spacial score (nSPS) is 16.8. The number of hydrogen-bond donors (Lipinski definition) is 0. The number of fused-ring (bicyclic) bond motifs is 1. The minimum atomic E-state index is 0. The van der Waals surface area contributed by atoms with Crippen LogP contribution in [0.5, 0.6) is 0 Å². The van der Waals surface area contributed by atoms with Crippen LogP contribution in [0, 0.1) is 3.57 Å². The molecule has 0 saturated carbocycles. The highest BCUT2D eigenvalue weighted by molar-refractivity contribution is 14.1. The van der Waals surface area contributed by atoms with E-state index < -0.39 is 0 Å². The number of rotatable bonds is 0. The quantitative estimate of drug-likeness (QED) is 0.671. The van der Waals surface area contributed by atoms with Gasteiger partial charge in [-0.05, 0) is 46.4 Å². The molecule has 0 bridgehead atoms. The lowest BCUT2D eigenvalue weighted by Crippen LogP contribution is -2.21. The van der Waals surface area contributed by atoms with Gasteiger partial charge in [-0.15, -0.1) is 12.4 Å². The van der Waals surface area contributed by atoms with Crippen molar-refractivity contribution < 1.29 is 0 Å². The molecule has 76 valence electrons. The van der Waals surface area contributed by atoms with E-state index >= 15 is 0 Å². The van der Waals surface area contributed by atoms with Crippen LogP contribution >= 0.6 is 35.0 Å². The second kappa shape index (κ2) is 4.49. The van der Waals surface area contributed by atoms with Gasteiger partial charge in [0.1, 0.15) is 5.84 Å². The Morgan fingerprint density at radius 2 is 2.14 bits per heavy atom. The molecule has 14 heavy (non-hydrogen) atoms. The zero-order valence-corrected chi connectivity index (χ0v) is 11.1. The second-order valence-corrected chi connectivity index (χ2v) is 4.39. The topological polar surface area (TPSA) is 15.6 Å². The van der Waals surface area contributed by atoms with Crippen LogP contribution in [-0.4, -0.2) is 19.9 Å². The van der Waals surface area contributed by atoms with Gasteiger partial charge in [0, 0.05) is 29.8 Å². The maximum Gasteiger partial charge on any atom is 0.107 e. The lowest BCUT2D eigenvalue weighted by molar-refractivity contribution is 1.24. The van der Waals surface area contributed by atoms with E-state index in [9.17, 15) is 0 Å². The smallest absolute Gasteiger partial charge is 0.107 e. The zero-order chi connectivity index (χ0) is 9.42. The fraction of sp³-hybridized carbons (Fsp3) is 0.300. The fourth-order valence-corrected chi connectivity index (χ4v) is 2.24. The molecular formula is C10H12ClIN2. The van der Waals surface area contributed by atoms with Gasteiger partial charge in [0.2, 0.25) is 0 Å². The average molecular weight is 323 g/mol. The third-order valence-corrected chi connectivity index (χ3v) is 3.07. The lowest BCUT2D eigenvalue weighted by atomic mass is 10.2. The third-order valence-electron chi connectivity index (χ3n) is 2.40. The Balaban J connectivity index is 0.000000980. The highest BCUT2D eigenvalue weighted by Crippen LogP contribution is 2.29. The largest absolute Gasteiger partial charge is 0.333 e. The van der Waals surface area contributed by atoms with Crippen molar-refractivity contribution in [2.24, 2.45) is 4.99 Å². The second-order valence-electron chi connectivity index (χ2n) is 3.15. The first kappa shape index (κ1) is 11.8. The van der Waals surface area contributed by atoms with Crippen molar-refractivity contribution in [3.63, 3.8) is 0 Å². The summed E-state index contributed by atoms with van der Waals surface area (Å²) in [4.78, 5) is 6.41. The molecule has 0 aromatic heterocycles. The van der Waals surface area contributed by atoms with Crippen molar-refractivity contribution in [2.75, 3.05) is 19.0 Å². The number of amidine groups is 1. The maximum absolute atomic E-state index is 4.25. The molecule has 0 aliphatic carbocycles. The molecule has 0 amide bonds. The number of nitrogens with zero attached hydrogens (tertiary/aromatic N) is 2. The summed E-state index contributed by atoms with van der Waals surface area (Å²) < 4.78 is 1.29. The summed E-state index contributed by atoms with van der Waals surface area (Å²) in [6.07, 6.45) is 0.971. The van der Waals surface area contributed by atoms with Gasteiger partial charge in [0.25, 0.3) is 0 Å². The molecule has 1 heterocycles. The summed E-state index contributed by atoms with van der Waals surface area (Å²) in [5.41, 5.74) is 2.68. The Hall–Kier alpha value is -0.290. The van der Waals surface area contributed by atoms with Crippen LogP contribution in [-0.2, 0) is 6.42 Å². The number of aliphatic imine (C=N–C) groups is 1. The van der Waals surface area contributed by atoms with E-state index in [1.165, 1.54) is 14.8 Å². The number of halogens is 2. The number of hydrogen-bond acceptors (Lipinski definition) is 1. The molecule has 2 nitrogen and oxygen atoms in total. The van der Waals surface area contributed by atoms with Gasteiger partial charge in [-0.3, -0.25) is 4.99 Å². The van der Waals surface area contributed by atoms with Crippen molar-refractivity contribution in [2.45, 2.75) is 6.42 Å². The Morgan fingerprint density at radius 3 is 2.79 bits per heavy atom. The summed E-state index contributed by atoms with van der Waals surface area (Å²) in [6.45, 7) is 0. The molecular weight excluding hydrogens is 310 g/mol. The minimum absolute atomic E-state index is 0. The molecule has 0 radical (unpaired) electrons. The SMILES string of the molecule is CN=C1Cc2cc(I)ccc2N1C.Cl. The van der Waals surface area contributed by atoms with Crippen LogP contribution in [0.4, 0.5) is 5.69 Å². The Kier molecular flexibility index (Phi) is 3.78. The molecule has 0 N–H and O–H groups in total. The summed E-state index contributed by atoms with van der Waals surface area (Å²) >= 11 is 2.34. The third kappa shape index (κ3) is 1.88. The van der Waals surface area contributed by atoms with Gasteiger partial charge in [-0.1, -0.05) is 0 Å². The molecule has 1 aliphatic rings. The molecule has 0 spiro atoms. The summed E-state index contributed by atoms with van der Waals surface area (Å²) in [7, 11) is 3.92. The fourth-order valence-electron chi connectivity index (χ4n) is 1.68. The van der Waals surface area contributed by atoms with E-state index in [0.717, 1.165) is 12.3 Å². The predicted molar refractivity (Wildman–Crippen MR) is 71.9 cm³/mol. The summed E-state index contributed by atoms with van der Waals surface area (Å²) in [6, 6.07) is 6.52. The van der Waals surface area contributed by atoms with E-state index in [4.69, 9.17) is 0 Å². The molecule has 1 aliphatic heterocycles. The summed E-state index contributed by atoms with van der Waals surface area (Å²) in [5, 5.41) is 0. The molecule has 0 saturated heterocycles. The first-order chi connectivity index (χ1) is 6.22. The van der Waals surface area contributed by atoms with Crippen LogP contribution in [0.2, 0.25) is 0 Å². The van der Waals surface area contributed by atoms with Gasteiger partial charge in [-0.2, -0.15) is 0 Å². The van der Waals surface area contributed by atoms with Crippen molar-refractivity contribution in [3.05, 3.63) is 27.3 Å². The van der Waals surface area contributed by atoms with E-state index in [2.05, 4.69) is 57.7 Å². The minimum Gasteiger partial charge on any atom is -0.333 e. The van der Waals surface area contributed by atoms with E-state index in [1.54, 1.807) is 0 Å². The first-order valence-electron chi connectivity index (χ1n) is 4.20. The van der Waals surface area contributed by atoms with Crippen molar-refractivity contribution in [1.82, 2.24) is 0 Å². The lowest BCUT2D eigenvalue weighted by Gasteiger charge is -2.12. The molecule has 1 aromatic carbocycles. The molecule has 0 unspecified atom stereocenters. The average Bonchev–Trinajstić information content (AvgIpc) is 2.42. The Bertz CT molecular complexity index is 376. The van der Waals surface area contributed by atoms with Gasteiger partial charge in [0.15, 0.2) is 0 Å². The molecule has 1 aromatic rings. The Labute approximate surface area is 104 Å². The monoisotopic (exact) mass is 322 g/mol. The Morgan fingerprint density at radius 1 is 1.43 bits per heavy atom. The van der Waals surface area contributed by atoms with Crippen LogP contribution in [0.15, 0.2) is 23.2 Å². The number of anilines is 1. The molecule has 2 rings (SSSR count). The first-order valence-corrected chi connectivity index (χ1v) is 5.28. The van der Waals surface area contributed by atoms with Gasteiger partial charge >= 0.3 is 0 Å². The number of likely N-dealkylation sites (N-methyl/N-ethyl adjacent to an activating group) is 1. The van der Waals surface area contributed by atoms with Crippen molar-refractivity contribution >= 4 is 46.5 Å². The molecule has 4 heteroatoms. The van der Waals surface area contributed by atoms with E-state index in [1.807, 2.05) is 7.05 Å². The van der Waals surface area contributed by atoms with Gasteiger partial charge in [-0.25, -0.2) is 0 Å². The van der Waals surface area contributed by atoms with Crippen LogP contribution in [0.25, 0.3) is 0 Å². The van der Waals surface area contributed by atoms with Crippen molar-refractivity contribution in [3.8, 4) is 0 Å². The number of benzene rings is 1. The highest BCUT2D eigenvalue weighted by atomic mass is 127. The van der Waals surface area contributed by atoms with E-state index in [0.29, 0.717) is 0 Å². The van der Waals surface area contributed by atoms with Gasteiger partial charge in [0.05, 0.1) is 0 Å². The zero-order valence-electron chi connectivity index (χ0n) is 8.12. The van der Waals surface area contributed by atoms with Crippen molar-refractivity contribution in [1.29, 1.82) is 0 Å². The van der Waals surface area contributed by atoms with Gasteiger partial charge < -0.3 is 4.90 Å². The predicted octanol–water partition coefficient (Wildman–Crippen LogP) is 2.73. The standard InChI is InChI=1S/C10H11IN2.ClH/c1-12-10-6-7-5-8(11)3-4-9(7)13(10)2;/h3-5H,6H2,1-2H3;1H. The van der Waals surface area contributed by atoms with Crippen LogP contribution in [0.3, 0.4) is 0 Å². The van der Waals surface area contributed by atoms with Crippen LogP contribution in [0.1, 0.15) is 5.56 Å². The maximum atomic E-state index is 4.25.